The Hall–Kier alpha value is -1.97. The van der Waals surface area contributed by atoms with Gasteiger partial charge in [0.2, 0.25) is 11.8 Å². The van der Waals surface area contributed by atoms with Crippen molar-refractivity contribution in [3.05, 3.63) is 44.0 Å². The van der Waals surface area contributed by atoms with Crippen molar-refractivity contribution in [3.63, 3.8) is 0 Å². The van der Waals surface area contributed by atoms with Gasteiger partial charge in [-0.2, -0.15) is 4.98 Å². The lowest BCUT2D eigenvalue weighted by atomic mass is 10.3. The molecule has 2 rings (SSSR count). The summed E-state index contributed by atoms with van der Waals surface area (Å²) in [5.41, 5.74) is 2.49. The number of nitrogen functional groups attached to an aromatic ring is 1. The number of halogens is 2. The third kappa shape index (κ3) is 3.13. The Morgan fingerprint density at radius 3 is 2.80 bits per heavy atom. The second-order valence-corrected chi connectivity index (χ2v) is 4.84. The molecule has 4 N–H and O–H groups in total. The first-order valence-electron chi connectivity index (χ1n) is 5.21. The highest BCUT2D eigenvalue weighted by atomic mass is 79.9. The average Bonchev–Trinajstić information content (AvgIpc) is 2.42. The molecular weight excluding hydrogens is 352 g/mol. The van der Waals surface area contributed by atoms with E-state index < -0.39 is 4.92 Å². The number of nitrogens with zero attached hydrogens (tertiary/aromatic N) is 3. The second-order valence-electron chi connectivity index (χ2n) is 3.58. The molecule has 1 heterocycles. The maximum atomic E-state index is 10.9. The zero-order valence-electron chi connectivity index (χ0n) is 9.80. The summed E-state index contributed by atoms with van der Waals surface area (Å²) in [4.78, 5) is 17.9. The predicted molar refractivity (Wildman–Crippen MR) is 78.9 cm³/mol. The van der Waals surface area contributed by atoms with Gasteiger partial charge in [-0.25, -0.2) is 10.8 Å². The normalized spacial score (nSPS) is 10.2. The van der Waals surface area contributed by atoms with Crippen molar-refractivity contribution >= 4 is 50.7 Å². The van der Waals surface area contributed by atoms with Crippen molar-refractivity contribution in [3.8, 4) is 0 Å². The van der Waals surface area contributed by atoms with Crippen molar-refractivity contribution in [2.24, 2.45) is 5.84 Å². The first-order chi connectivity index (χ1) is 9.51. The molecule has 2 aromatic rings. The van der Waals surface area contributed by atoms with Gasteiger partial charge < -0.3 is 5.32 Å². The number of anilines is 3. The van der Waals surface area contributed by atoms with Gasteiger partial charge in [0, 0.05) is 10.2 Å². The molecular formula is C10H8BrClN6O2. The fourth-order valence-electron chi connectivity index (χ4n) is 1.38. The molecule has 0 saturated heterocycles. The zero-order valence-corrected chi connectivity index (χ0v) is 12.1. The van der Waals surface area contributed by atoms with Crippen LogP contribution in [-0.4, -0.2) is 14.9 Å². The van der Waals surface area contributed by atoms with Crippen molar-refractivity contribution in [2.75, 3.05) is 10.7 Å². The molecule has 0 unspecified atom stereocenters. The van der Waals surface area contributed by atoms with E-state index in [-0.39, 0.29) is 17.5 Å². The van der Waals surface area contributed by atoms with E-state index in [0.717, 1.165) is 6.20 Å². The summed E-state index contributed by atoms with van der Waals surface area (Å²) in [7, 11) is 0. The van der Waals surface area contributed by atoms with Crippen LogP contribution in [0.15, 0.2) is 28.9 Å². The Labute approximate surface area is 126 Å². The number of nitro groups is 1. The first kappa shape index (κ1) is 14.4. The van der Waals surface area contributed by atoms with Crippen LogP contribution in [0.5, 0.6) is 0 Å². The van der Waals surface area contributed by atoms with E-state index in [1.165, 1.54) is 0 Å². The number of hydrazine groups is 1. The minimum absolute atomic E-state index is 0.0105. The number of benzene rings is 1. The van der Waals surface area contributed by atoms with E-state index in [0.29, 0.717) is 15.2 Å². The number of aromatic nitrogens is 2. The molecule has 0 aliphatic carbocycles. The van der Waals surface area contributed by atoms with Gasteiger partial charge in [-0.05, 0) is 34.1 Å². The summed E-state index contributed by atoms with van der Waals surface area (Å²) < 4.78 is 0.714. The van der Waals surface area contributed by atoms with Gasteiger partial charge in [0.25, 0.3) is 0 Å². The fourth-order valence-corrected chi connectivity index (χ4v) is 1.81. The molecule has 1 aromatic carbocycles. The molecule has 0 radical (unpaired) electrons. The van der Waals surface area contributed by atoms with E-state index in [9.17, 15) is 10.1 Å². The molecule has 0 saturated carbocycles. The summed E-state index contributed by atoms with van der Waals surface area (Å²) in [5, 5.41) is 14.2. The zero-order chi connectivity index (χ0) is 14.7. The number of hydrogen-bond acceptors (Lipinski definition) is 7. The van der Waals surface area contributed by atoms with Gasteiger partial charge in [-0.1, -0.05) is 11.6 Å². The van der Waals surface area contributed by atoms with Crippen LogP contribution in [0.1, 0.15) is 0 Å². The molecule has 0 atom stereocenters. The highest BCUT2D eigenvalue weighted by molar-refractivity contribution is 9.10. The SMILES string of the molecule is NNc1ncc([N+](=O)[O-])c(Nc2ccc(Br)c(Cl)c2)n1. The molecule has 0 aliphatic rings. The van der Waals surface area contributed by atoms with Crippen LogP contribution in [-0.2, 0) is 0 Å². The van der Waals surface area contributed by atoms with Crippen LogP contribution < -0.4 is 16.6 Å². The molecule has 20 heavy (non-hydrogen) atoms. The second kappa shape index (κ2) is 5.99. The van der Waals surface area contributed by atoms with Crippen LogP contribution in [0.2, 0.25) is 5.02 Å². The largest absolute Gasteiger partial charge is 0.334 e. The maximum Gasteiger partial charge on any atom is 0.329 e. The van der Waals surface area contributed by atoms with Crippen molar-refractivity contribution in [2.45, 2.75) is 0 Å². The van der Waals surface area contributed by atoms with Crippen LogP contribution in [0.4, 0.5) is 23.1 Å². The standard InChI is InChI=1S/C10H8BrClN6O2/c11-6-2-1-5(3-7(6)12)15-9-8(18(19)20)4-14-10(16-9)17-13/h1-4H,13H2,(H2,14,15,16,17). The lowest BCUT2D eigenvalue weighted by Gasteiger charge is -2.08. The Bertz CT molecular complexity index is 668. The van der Waals surface area contributed by atoms with Crippen molar-refractivity contribution < 1.29 is 4.92 Å². The van der Waals surface area contributed by atoms with Gasteiger partial charge >= 0.3 is 5.69 Å². The Morgan fingerprint density at radius 1 is 1.45 bits per heavy atom. The number of hydrogen-bond donors (Lipinski definition) is 3. The fraction of sp³-hybridized carbons (Fsp3) is 0. The van der Waals surface area contributed by atoms with Crippen LogP contribution in [0, 0.1) is 10.1 Å². The monoisotopic (exact) mass is 358 g/mol. The third-order valence-corrected chi connectivity index (χ3v) is 3.51. The Morgan fingerprint density at radius 2 is 2.20 bits per heavy atom. The average molecular weight is 360 g/mol. The lowest BCUT2D eigenvalue weighted by molar-refractivity contribution is -0.384. The predicted octanol–water partition coefficient (Wildman–Crippen LogP) is 2.83. The molecule has 104 valence electrons. The summed E-state index contributed by atoms with van der Waals surface area (Å²) in [5.74, 6) is 5.25. The number of nitrogens with two attached hydrogens (primary N) is 1. The summed E-state index contributed by atoms with van der Waals surface area (Å²) in [6.07, 6.45) is 1.06. The molecule has 0 bridgehead atoms. The van der Waals surface area contributed by atoms with Crippen molar-refractivity contribution in [1.82, 2.24) is 9.97 Å². The third-order valence-electron chi connectivity index (χ3n) is 2.28. The minimum Gasteiger partial charge on any atom is -0.334 e. The van der Waals surface area contributed by atoms with Crippen LogP contribution in [0.3, 0.4) is 0 Å². The lowest BCUT2D eigenvalue weighted by Crippen LogP contribution is -2.12. The summed E-state index contributed by atoms with van der Waals surface area (Å²) in [6.45, 7) is 0. The smallest absolute Gasteiger partial charge is 0.329 e. The Balaban J connectivity index is 2.40. The van der Waals surface area contributed by atoms with E-state index >= 15 is 0 Å². The van der Waals surface area contributed by atoms with E-state index in [1.807, 2.05) is 0 Å². The molecule has 0 fully saturated rings. The highest BCUT2D eigenvalue weighted by Gasteiger charge is 2.17. The van der Waals surface area contributed by atoms with E-state index in [2.05, 4.69) is 36.6 Å². The topological polar surface area (TPSA) is 119 Å². The van der Waals surface area contributed by atoms with Crippen LogP contribution in [0.25, 0.3) is 0 Å². The molecule has 8 nitrogen and oxygen atoms in total. The van der Waals surface area contributed by atoms with Gasteiger partial charge in [-0.3, -0.25) is 15.5 Å². The van der Waals surface area contributed by atoms with Gasteiger partial charge in [0.05, 0.1) is 9.95 Å². The van der Waals surface area contributed by atoms with Gasteiger partial charge in [0.15, 0.2) is 0 Å². The van der Waals surface area contributed by atoms with E-state index in [4.69, 9.17) is 17.4 Å². The molecule has 10 heteroatoms. The van der Waals surface area contributed by atoms with Crippen molar-refractivity contribution in [1.29, 1.82) is 0 Å². The van der Waals surface area contributed by atoms with Crippen LogP contribution >= 0.6 is 27.5 Å². The van der Waals surface area contributed by atoms with Gasteiger partial charge in [0.1, 0.15) is 6.20 Å². The van der Waals surface area contributed by atoms with Gasteiger partial charge in [-0.15, -0.1) is 0 Å². The summed E-state index contributed by atoms with van der Waals surface area (Å²) >= 11 is 9.21. The van der Waals surface area contributed by atoms with E-state index in [1.54, 1.807) is 18.2 Å². The molecule has 0 amide bonds. The Kier molecular flexibility index (Phi) is 4.32. The molecule has 0 spiro atoms. The minimum atomic E-state index is -0.594. The number of nitrogens with one attached hydrogen (secondary N) is 2. The quantitative estimate of drug-likeness (QED) is 0.436. The summed E-state index contributed by atoms with van der Waals surface area (Å²) in [6, 6.07) is 5.00. The molecule has 1 aromatic heterocycles. The molecule has 0 aliphatic heterocycles. The number of rotatable bonds is 4. The highest BCUT2D eigenvalue weighted by Crippen LogP contribution is 2.29. The first-order valence-corrected chi connectivity index (χ1v) is 6.38. The maximum absolute atomic E-state index is 10.9.